The van der Waals surface area contributed by atoms with Crippen LogP contribution in [0.3, 0.4) is 0 Å². The number of nitrogens with two attached hydrogens (primary N) is 1. The second-order valence-corrected chi connectivity index (χ2v) is 5.56. The quantitative estimate of drug-likeness (QED) is 0.360. The van der Waals surface area contributed by atoms with E-state index < -0.39 is 5.97 Å². The lowest BCUT2D eigenvalue weighted by Gasteiger charge is -2.17. The van der Waals surface area contributed by atoms with Crippen molar-refractivity contribution in [2.75, 3.05) is 11.7 Å². The van der Waals surface area contributed by atoms with E-state index >= 15 is 0 Å². The molecule has 1 aromatic carbocycles. The monoisotopic (exact) mass is 339 g/mol. The first-order valence-electron chi connectivity index (χ1n) is 7.70. The number of aromatic hydroxyl groups is 1. The van der Waals surface area contributed by atoms with Gasteiger partial charge in [-0.15, -0.1) is 0 Å². The number of hydrogen-bond acceptors (Lipinski definition) is 6. The van der Waals surface area contributed by atoms with Crippen molar-refractivity contribution >= 4 is 17.4 Å². The van der Waals surface area contributed by atoms with Gasteiger partial charge in [0, 0.05) is 12.0 Å². The summed E-state index contributed by atoms with van der Waals surface area (Å²) >= 11 is 0. The van der Waals surface area contributed by atoms with E-state index in [-0.39, 0.29) is 12.4 Å². The molecule has 3 N–H and O–H groups in total. The van der Waals surface area contributed by atoms with Gasteiger partial charge in [-0.3, -0.25) is 0 Å². The minimum absolute atomic E-state index is 0.00419. The van der Waals surface area contributed by atoms with Gasteiger partial charge in [0.25, 0.3) is 0 Å². The fourth-order valence-corrected chi connectivity index (χ4v) is 2.07. The molecule has 0 amide bonds. The number of hydrogen-bond donors (Lipinski definition) is 2. The second-order valence-electron chi connectivity index (χ2n) is 5.56. The molecule has 6 heteroatoms. The molecule has 0 aromatic heterocycles. The third-order valence-electron chi connectivity index (χ3n) is 3.47. The van der Waals surface area contributed by atoms with Crippen molar-refractivity contribution < 1.29 is 14.6 Å². The molecule has 0 bridgehead atoms. The van der Waals surface area contributed by atoms with Gasteiger partial charge in [-0.1, -0.05) is 37.5 Å². The van der Waals surface area contributed by atoms with Crippen molar-refractivity contribution in [2.24, 2.45) is 10.9 Å². The summed E-state index contributed by atoms with van der Waals surface area (Å²) in [5, 5.41) is 15.4. The molecule has 0 saturated carbocycles. The molecule has 1 aliphatic rings. The maximum absolute atomic E-state index is 11.4. The van der Waals surface area contributed by atoms with Crippen LogP contribution < -0.4 is 11.0 Å². The van der Waals surface area contributed by atoms with Crippen LogP contribution in [0.5, 0.6) is 5.75 Å². The van der Waals surface area contributed by atoms with Gasteiger partial charge in [0.05, 0.1) is 12.3 Å². The summed E-state index contributed by atoms with van der Waals surface area (Å²) in [4.78, 5) is 11.4. The molecule has 0 spiro atoms. The number of hydrazine groups is 1. The van der Waals surface area contributed by atoms with E-state index in [1.165, 1.54) is 6.07 Å². The molecule has 0 aliphatic heterocycles. The molecule has 0 fully saturated rings. The number of phenolic OH excluding ortho intramolecular Hbond substituents is 1. The van der Waals surface area contributed by atoms with Crippen LogP contribution in [0.1, 0.15) is 12.5 Å². The van der Waals surface area contributed by atoms with Gasteiger partial charge in [0.2, 0.25) is 0 Å². The first kappa shape index (κ1) is 18.2. The highest BCUT2D eigenvalue weighted by atomic mass is 16.5. The van der Waals surface area contributed by atoms with Gasteiger partial charge >= 0.3 is 5.97 Å². The summed E-state index contributed by atoms with van der Waals surface area (Å²) < 4.78 is 5.07. The molecule has 0 radical (unpaired) electrons. The summed E-state index contributed by atoms with van der Waals surface area (Å²) in [6, 6.07) is 4.95. The van der Waals surface area contributed by atoms with Crippen LogP contribution in [0.15, 0.2) is 71.9 Å². The molecule has 0 unspecified atom stereocenters. The maximum atomic E-state index is 11.4. The van der Waals surface area contributed by atoms with Crippen LogP contribution in [-0.2, 0) is 16.0 Å². The number of allylic oxidation sites excluding steroid dienone is 5. The summed E-state index contributed by atoms with van der Waals surface area (Å²) in [6.45, 7) is 9.21. The van der Waals surface area contributed by atoms with Crippen LogP contribution in [0.4, 0.5) is 5.69 Å². The van der Waals surface area contributed by atoms with E-state index in [0.717, 1.165) is 16.3 Å². The van der Waals surface area contributed by atoms with E-state index in [1.54, 1.807) is 25.1 Å². The molecular weight excluding hydrogens is 318 g/mol. The number of phenols is 1. The van der Waals surface area contributed by atoms with E-state index in [2.05, 4.69) is 18.3 Å². The summed E-state index contributed by atoms with van der Waals surface area (Å²) in [5.74, 6) is 5.53. The highest BCUT2D eigenvalue weighted by Crippen LogP contribution is 2.27. The maximum Gasteiger partial charge on any atom is 0.333 e. The van der Waals surface area contributed by atoms with Crippen LogP contribution in [0, 0.1) is 0 Å². The number of esters is 1. The van der Waals surface area contributed by atoms with Crippen molar-refractivity contribution in [3.63, 3.8) is 0 Å². The van der Waals surface area contributed by atoms with E-state index in [4.69, 9.17) is 10.6 Å². The number of carbonyl (C=O) groups is 1. The smallest absolute Gasteiger partial charge is 0.333 e. The Hall–Kier alpha value is -3.12. The van der Waals surface area contributed by atoms with Crippen LogP contribution in [-0.4, -0.2) is 23.4 Å². The number of hydrazone groups is 1. The Bertz CT molecular complexity index is 791. The fraction of sp³-hybridized carbons (Fsp3) is 0.158. The topological polar surface area (TPSA) is 88.2 Å². The fourth-order valence-electron chi connectivity index (χ4n) is 2.07. The Morgan fingerprint density at radius 1 is 1.36 bits per heavy atom. The molecule has 0 heterocycles. The average Bonchev–Trinajstić information content (AvgIpc) is 2.58. The highest BCUT2D eigenvalue weighted by molar-refractivity contribution is 6.11. The van der Waals surface area contributed by atoms with Gasteiger partial charge in [-0.25, -0.2) is 10.6 Å². The van der Waals surface area contributed by atoms with Crippen molar-refractivity contribution in [3.8, 4) is 5.75 Å². The molecule has 0 atom stereocenters. The minimum atomic E-state index is -0.429. The predicted octanol–water partition coefficient (Wildman–Crippen LogP) is 2.77. The average molecular weight is 339 g/mol. The SMILES string of the molecule is C=C(C)C(=O)OCCc1ccc(O)c(N(N)/N=C2/C=CC=CC2=C)c1. The zero-order valence-corrected chi connectivity index (χ0v) is 14.1. The Balaban J connectivity index is 2.10. The zero-order valence-electron chi connectivity index (χ0n) is 14.1. The third-order valence-corrected chi connectivity index (χ3v) is 3.47. The largest absolute Gasteiger partial charge is 0.506 e. The second kappa shape index (κ2) is 8.12. The van der Waals surface area contributed by atoms with E-state index in [9.17, 15) is 9.90 Å². The van der Waals surface area contributed by atoms with E-state index in [0.29, 0.717) is 23.4 Å². The lowest BCUT2D eigenvalue weighted by atomic mass is 10.1. The van der Waals surface area contributed by atoms with E-state index in [1.807, 2.05) is 18.2 Å². The van der Waals surface area contributed by atoms with Crippen LogP contribution >= 0.6 is 0 Å². The van der Waals surface area contributed by atoms with Crippen LogP contribution in [0.25, 0.3) is 0 Å². The lowest BCUT2D eigenvalue weighted by Crippen LogP contribution is -2.26. The van der Waals surface area contributed by atoms with Crippen molar-refractivity contribution in [1.82, 2.24) is 0 Å². The van der Waals surface area contributed by atoms with Gasteiger partial charge in [0.1, 0.15) is 11.4 Å². The Kier molecular flexibility index (Phi) is 5.92. The highest BCUT2D eigenvalue weighted by Gasteiger charge is 2.11. The number of benzene rings is 1. The Labute approximate surface area is 146 Å². The number of carbonyl (C=O) groups excluding carboxylic acids is 1. The molecule has 130 valence electrons. The first-order valence-corrected chi connectivity index (χ1v) is 7.70. The minimum Gasteiger partial charge on any atom is -0.506 e. The standard InChI is InChI=1S/C19H21N3O3/c1-13(2)19(24)25-11-10-15-8-9-18(23)17(12-15)22(20)21-16-7-5-4-6-14(16)3/h4-9,12,23H,1,3,10-11,20H2,2H3/b21-16-. The molecule has 0 saturated heterocycles. The summed E-state index contributed by atoms with van der Waals surface area (Å²) in [7, 11) is 0. The molecule has 1 aromatic rings. The predicted molar refractivity (Wildman–Crippen MR) is 99.1 cm³/mol. The molecule has 25 heavy (non-hydrogen) atoms. The molecular formula is C19H21N3O3. The number of anilines is 1. The Morgan fingerprint density at radius 3 is 2.76 bits per heavy atom. The summed E-state index contributed by atoms with van der Waals surface area (Å²) in [5.41, 5.74) is 2.86. The first-order chi connectivity index (χ1) is 11.9. The van der Waals surface area contributed by atoms with Crippen molar-refractivity contribution in [2.45, 2.75) is 13.3 Å². The number of rotatable bonds is 6. The van der Waals surface area contributed by atoms with Gasteiger partial charge in [-0.2, -0.15) is 10.2 Å². The van der Waals surface area contributed by atoms with Gasteiger partial charge < -0.3 is 9.84 Å². The number of ether oxygens (including phenoxy) is 1. The normalized spacial score (nSPS) is 14.6. The van der Waals surface area contributed by atoms with Crippen molar-refractivity contribution in [3.05, 3.63) is 72.4 Å². The van der Waals surface area contributed by atoms with Gasteiger partial charge in [0.15, 0.2) is 0 Å². The van der Waals surface area contributed by atoms with Crippen molar-refractivity contribution in [1.29, 1.82) is 0 Å². The Morgan fingerprint density at radius 2 is 2.08 bits per heavy atom. The summed E-state index contributed by atoms with van der Waals surface area (Å²) in [6.07, 6.45) is 7.76. The molecule has 1 aliphatic carbocycles. The molecule has 2 rings (SSSR count). The number of nitrogens with zero attached hydrogens (tertiary/aromatic N) is 2. The van der Waals surface area contributed by atoms with Gasteiger partial charge in [-0.05, 0) is 36.3 Å². The zero-order chi connectivity index (χ0) is 18.4. The van der Waals surface area contributed by atoms with Crippen LogP contribution in [0.2, 0.25) is 0 Å². The molecule has 6 nitrogen and oxygen atoms in total. The lowest BCUT2D eigenvalue weighted by molar-refractivity contribution is -0.138. The third kappa shape index (κ3) is 4.92.